The number of nitrogens with zero attached hydrogens (tertiary/aromatic N) is 3. The Hall–Kier alpha value is -3.04. The van der Waals surface area contributed by atoms with Crippen molar-refractivity contribution in [2.75, 3.05) is 32.9 Å². The van der Waals surface area contributed by atoms with Crippen molar-refractivity contribution in [3.05, 3.63) is 35.4 Å². The lowest BCUT2D eigenvalue weighted by molar-refractivity contribution is -0.126. The molecule has 1 atom stereocenters. The molecule has 0 aliphatic carbocycles. The number of carbonyl (C=O) groups is 2. The Bertz CT molecular complexity index is 999. The summed E-state index contributed by atoms with van der Waals surface area (Å²) >= 11 is 12.4. The molecule has 1 unspecified atom stereocenters. The minimum absolute atomic E-state index is 0.106. The van der Waals surface area contributed by atoms with Crippen molar-refractivity contribution in [2.45, 2.75) is 13.0 Å². The van der Waals surface area contributed by atoms with Crippen LogP contribution in [0.2, 0.25) is 5.02 Å². The van der Waals surface area contributed by atoms with E-state index in [1.54, 1.807) is 12.1 Å². The van der Waals surface area contributed by atoms with Crippen molar-refractivity contribution in [2.24, 2.45) is 10.2 Å². The fraction of sp³-hybridized carbons (Fsp3) is 0.300. The maximum atomic E-state index is 12.9. The number of benzene rings is 2. The van der Waals surface area contributed by atoms with Crippen LogP contribution < -0.4 is 23.4 Å². The first-order chi connectivity index (χ1) is 14.8. The molecule has 9 nitrogen and oxygen atoms in total. The molecule has 0 N–H and O–H groups in total. The van der Waals surface area contributed by atoms with E-state index in [2.05, 4.69) is 10.2 Å². The van der Waals surface area contributed by atoms with Gasteiger partial charge < -0.3 is 18.9 Å². The predicted octanol–water partition coefficient (Wildman–Crippen LogP) is 4.60. The second-order valence-corrected chi connectivity index (χ2v) is 6.76. The monoisotopic (exact) mass is 469 g/mol. The first kappa shape index (κ1) is 24.2. The van der Waals surface area contributed by atoms with Crippen molar-refractivity contribution in [1.29, 1.82) is 0 Å². The molecule has 0 heterocycles. The molecule has 0 aromatic heterocycles. The summed E-state index contributed by atoms with van der Waals surface area (Å²) in [6.07, 6.45) is 0. The number of amides is 1. The molecule has 0 aliphatic heterocycles. The van der Waals surface area contributed by atoms with Gasteiger partial charge in [-0.2, -0.15) is 5.11 Å². The van der Waals surface area contributed by atoms with Crippen LogP contribution in [-0.4, -0.2) is 46.2 Å². The van der Waals surface area contributed by atoms with E-state index in [-0.39, 0.29) is 22.1 Å². The summed E-state index contributed by atoms with van der Waals surface area (Å²) in [6.45, 7) is 1.20. The van der Waals surface area contributed by atoms with E-state index in [0.717, 1.165) is 4.42 Å². The quantitative estimate of drug-likeness (QED) is 0.302. The number of rotatable bonds is 9. The molecule has 0 fully saturated rings. The standard InChI is InChI=1S/C20H21Cl2N3O6/c1-11(26)17(23-24-18-13(21)7-9-15(29-3)19(18)31-5)20(27)25(22)12-6-8-14(28-2)16(10-12)30-4/h6-10,17H,1-5H3. The fourth-order valence-corrected chi connectivity index (χ4v) is 2.97. The van der Waals surface area contributed by atoms with Crippen LogP contribution in [-0.2, 0) is 9.59 Å². The third kappa shape index (κ3) is 5.36. The summed E-state index contributed by atoms with van der Waals surface area (Å²) in [5.74, 6) is -0.0216. The van der Waals surface area contributed by atoms with Gasteiger partial charge in [-0.05, 0) is 31.2 Å². The summed E-state index contributed by atoms with van der Waals surface area (Å²) in [5.41, 5.74) is 0.359. The third-order valence-corrected chi connectivity index (χ3v) is 4.82. The van der Waals surface area contributed by atoms with Gasteiger partial charge in [-0.1, -0.05) is 11.6 Å². The number of ketones is 1. The molecule has 2 aromatic carbocycles. The van der Waals surface area contributed by atoms with Crippen LogP contribution in [0.1, 0.15) is 6.92 Å². The minimum atomic E-state index is -1.52. The molecule has 2 aromatic rings. The predicted molar refractivity (Wildman–Crippen MR) is 116 cm³/mol. The van der Waals surface area contributed by atoms with Gasteiger partial charge in [0.1, 0.15) is 5.69 Å². The third-order valence-electron chi connectivity index (χ3n) is 4.15. The van der Waals surface area contributed by atoms with Crippen LogP contribution >= 0.6 is 23.4 Å². The van der Waals surface area contributed by atoms with Crippen LogP contribution in [0, 0.1) is 0 Å². The Labute approximate surface area is 189 Å². The Balaban J connectivity index is 2.39. The van der Waals surface area contributed by atoms with Gasteiger partial charge >= 0.3 is 0 Å². The number of halogens is 2. The molecule has 2 rings (SSSR count). The summed E-state index contributed by atoms with van der Waals surface area (Å²) in [5, 5.41) is 8.06. The van der Waals surface area contributed by atoms with Gasteiger partial charge in [0.25, 0.3) is 5.91 Å². The average Bonchev–Trinajstić information content (AvgIpc) is 2.78. The van der Waals surface area contributed by atoms with Gasteiger partial charge in [-0.15, -0.1) is 5.11 Å². The lowest BCUT2D eigenvalue weighted by atomic mass is 10.2. The molecule has 0 saturated carbocycles. The zero-order chi connectivity index (χ0) is 23.1. The van der Waals surface area contributed by atoms with E-state index in [1.807, 2.05) is 0 Å². The highest BCUT2D eigenvalue weighted by atomic mass is 35.5. The highest BCUT2D eigenvalue weighted by molar-refractivity contribution is 6.39. The molecule has 1 amide bonds. The largest absolute Gasteiger partial charge is 0.493 e. The van der Waals surface area contributed by atoms with Crippen LogP contribution in [0.15, 0.2) is 40.6 Å². The highest BCUT2D eigenvalue weighted by Gasteiger charge is 2.29. The average molecular weight is 470 g/mol. The zero-order valence-corrected chi connectivity index (χ0v) is 19.0. The number of methoxy groups -OCH3 is 4. The van der Waals surface area contributed by atoms with Gasteiger partial charge in [0.2, 0.25) is 6.04 Å². The summed E-state index contributed by atoms with van der Waals surface area (Å²) in [4.78, 5) is 25.0. The van der Waals surface area contributed by atoms with E-state index in [1.165, 1.54) is 53.6 Å². The molecule has 0 saturated heterocycles. The normalized spacial score (nSPS) is 11.7. The summed E-state index contributed by atoms with van der Waals surface area (Å²) in [7, 11) is 5.77. The topological polar surface area (TPSA) is 99.0 Å². The Kier molecular flexibility index (Phi) is 8.47. The zero-order valence-electron chi connectivity index (χ0n) is 17.5. The lowest BCUT2D eigenvalue weighted by Gasteiger charge is -2.18. The fourth-order valence-electron chi connectivity index (χ4n) is 2.58. The summed E-state index contributed by atoms with van der Waals surface area (Å²) < 4.78 is 21.6. The number of anilines is 1. The van der Waals surface area contributed by atoms with Gasteiger partial charge in [0, 0.05) is 17.8 Å². The first-order valence-electron chi connectivity index (χ1n) is 8.82. The number of hydrogen-bond donors (Lipinski definition) is 0. The van der Waals surface area contributed by atoms with Gasteiger partial charge in [-0.25, -0.2) is 4.42 Å². The second kappa shape index (κ2) is 10.8. The van der Waals surface area contributed by atoms with Gasteiger partial charge in [-0.3, -0.25) is 9.59 Å². The summed E-state index contributed by atoms with van der Waals surface area (Å²) in [6, 6.07) is 6.19. The van der Waals surface area contributed by atoms with Crippen LogP contribution in [0.25, 0.3) is 0 Å². The number of carbonyl (C=O) groups excluding carboxylic acids is 2. The van der Waals surface area contributed by atoms with Gasteiger partial charge in [0.05, 0.1) is 39.1 Å². The molecule has 0 radical (unpaired) electrons. The van der Waals surface area contributed by atoms with E-state index in [0.29, 0.717) is 17.2 Å². The molecular weight excluding hydrogens is 449 g/mol. The van der Waals surface area contributed by atoms with Crippen molar-refractivity contribution in [3.63, 3.8) is 0 Å². The van der Waals surface area contributed by atoms with Crippen molar-refractivity contribution in [1.82, 2.24) is 0 Å². The van der Waals surface area contributed by atoms with Gasteiger partial charge in [0.15, 0.2) is 28.8 Å². The maximum Gasteiger partial charge on any atom is 0.276 e. The molecule has 0 bridgehead atoms. The van der Waals surface area contributed by atoms with E-state index in [4.69, 9.17) is 42.3 Å². The molecule has 11 heteroatoms. The maximum absolute atomic E-state index is 12.9. The lowest BCUT2D eigenvalue weighted by Crippen LogP contribution is -2.36. The number of ether oxygens (including phenoxy) is 4. The minimum Gasteiger partial charge on any atom is -0.493 e. The number of Topliss-reactive ketones (excluding diaryl/α,β-unsaturated/α-hetero) is 1. The number of hydrogen-bond acceptors (Lipinski definition) is 8. The van der Waals surface area contributed by atoms with Crippen LogP contribution in [0.4, 0.5) is 11.4 Å². The van der Waals surface area contributed by atoms with Crippen LogP contribution in [0.3, 0.4) is 0 Å². The smallest absolute Gasteiger partial charge is 0.276 e. The van der Waals surface area contributed by atoms with E-state index >= 15 is 0 Å². The van der Waals surface area contributed by atoms with Crippen LogP contribution in [0.5, 0.6) is 23.0 Å². The van der Waals surface area contributed by atoms with Crippen molar-refractivity contribution >= 4 is 46.4 Å². The van der Waals surface area contributed by atoms with E-state index < -0.39 is 17.7 Å². The Morgan fingerprint density at radius 2 is 1.55 bits per heavy atom. The number of azo groups is 1. The molecule has 166 valence electrons. The molecular formula is C20H21Cl2N3O6. The molecule has 31 heavy (non-hydrogen) atoms. The SMILES string of the molecule is COc1ccc(N(Cl)C(=O)C(N=Nc2c(Cl)ccc(OC)c2OC)C(C)=O)cc1OC. The second-order valence-electron chi connectivity index (χ2n) is 6.02. The Morgan fingerprint density at radius 1 is 0.935 bits per heavy atom. The van der Waals surface area contributed by atoms with E-state index in [9.17, 15) is 9.59 Å². The first-order valence-corrected chi connectivity index (χ1v) is 9.54. The molecule has 0 aliphatic rings. The molecule has 0 spiro atoms. The van der Waals surface area contributed by atoms with Crippen molar-refractivity contribution in [3.8, 4) is 23.0 Å². The van der Waals surface area contributed by atoms with Crippen molar-refractivity contribution < 1.29 is 28.5 Å². The highest BCUT2D eigenvalue weighted by Crippen LogP contribution is 2.42. The Morgan fingerprint density at radius 3 is 2.10 bits per heavy atom.